The highest BCUT2D eigenvalue weighted by Gasteiger charge is 2.56. The summed E-state index contributed by atoms with van der Waals surface area (Å²) in [6.45, 7) is 10.7. The van der Waals surface area contributed by atoms with E-state index in [2.05, 4.69) is 36.4 Å². The Kier molecular flexibility index (Phi) is 7.48. The standard InChI is InChI=1S/C26H35BrFN5O3/c1-6-33(24(35)36-25(2,3)4)20-13-17(28)12-19-22(20)31-23(34)26(19,5)32-11-7-8-18(15-32)30-21-10-9-16(27)14-29-21/h9-10,13-14,18-19H,6-8,11-12,15H2,1-5H3,(H,29,30)(H,31,34)/t18-,19?,26?/m1/s1. The molecule has 3 heterocycles. The molecule has 0 radical (unpaired) electrons. The van der Waals surface area contributed by atoms with E-state index in [1.807, 2.05) is 19.1 Å². The Hall–Kier alpha value is -2.46. The largest absolute Gasteiger partial charge is 0.443 e. The van der Waals surface area contributed by atoms with Gasteiger partial charge < -0.3 is 15.4 Å². The van der Waals surface area contributed by atoms with Gasteiger partial charge in [-0.2, -0.15) is 0 Å². The molecule has 1 aromatic heterocycles. The second-order valence-electron chi connectivity index (χ2n) is 10.8. The fourth-order valence-corrected chi connectivity index (χ4v) is 5.52. The summed E-state index contributed by atoms with van der Waals surface area (Å²) in [5, 5.41) is 6.49. The van der Waals surface area contributed by atoms with Crippen LogP contribution in [-0.2, 0) is 9.53 Å². The van der Waals surface area contributed by atoms with Crippen molar-refractivity contribution in [1.82, 2.24) is 20.1 Å². The Morgan fingerprint density at radius 1 is 1.42 bits per heavy atom. The Morgan fingerprint density at radius 3 is 2.81 bits per heavy atom. The molecule has 2 aliphatic heterocycles. The molecule has 2 unspecified atom stereocenters. The molecule has 0 bridgehead atoms. The van der Waals surface area contributed by atoms with Gasteiger partial charge in [0.2, 0.25) is 5.91 Å². The summed E-state index contributed by atoms with van der Waals surface area (Å²) in [4.78, 5) is 34.4. The maximum Gasteiger partial charge on any atom is 0.414 e. The molecule has 3 atom stereocenters. The predicted molar refractivity (Wildman–Crippen MR) is 140 cm³/mol. The highest BCUT2D eigenvalue weighted by molar-refractivity contribution is 9.10. The first kappa shape index (κ1) is 26.6. The number of anilines is 1. The first-order valence-electron chi connectivity index (χ1n) is 12.5. The highest BCUT2D eigenvalue weighted by Crippen LogP contribution is 2.45. The van der Waals surface area contributed by atoms with Gasteiger partial charge in [0.1, 0.15) is 22.8 Å². The van der Waals surface area contributed by atoms with Crippen LogP contribution < -0.4 is 10.6 Å². The van der Waals surface area contributed by atoms with Crippen LogP contribution in [0, 0.1) is 5.92 Å². The van der Waals surface area contributed by atoms with Crippen molar-refractivity contribution < 1.29 is 18.7 Å². The molecule has 1 aliphatic carbocycles. The van der Waals surface area contributed by atoms with Gasteiger partial charge in [-0.25, -0.2) is 14.2 Å². The summed E-state index contributed by atoms with van der Waals surface area (Å²) in [5.41, 5.74) is -0.698. The molecule has 2 saturated heterocycles. The first-order chi connectivity index (χ1) is 16.9. The van der Waals surface area contributed by atoms with E-state index in [0.717, 1.165) is 29.7 Å². The molecule has 2 fully saturated rings. The van der Waals surface area contributed by atoms with Crippen LogP contribution in [0.1, 0.15) is 53.9 Å². The van der Waals surface area contributed by atoms with Crippen LogP contribution in [0.5, 0.6) is 0 Å². The molecule has 4 rings (SSSR count). The zero-order valence-corrected chi connectivity index (χ0v) is 23.1. The Balaban J connectivity index is 1.60. The number of nitrogens with zero attached hydrogens (tertiary/aromatic N) is 3. The maximum absolute atomic E-state index is 15.1. The quantitative estimate of drug-likeness (QED) is 0.527. The second kappa shape index (κ2) is 10.1. The molecule has 2 amide bonds. The monoisotopic (exact) mass is 563 g/mol. The number of carbonyl (C=O) groups excluding carboxylic acids is 2. The Labute approximate surface area is 220 Å². The zero-order chi connectivity index (χ0) is 26.3. The number of hydrogen-bond donors (Lipinski definition) is 2. The molecule has 3 aliphatic rings. The van der Waals surface area contributed by atoms with E-state index >= 15 is 4.39 Å². The van der Waals surface area contributed by atoms with Crippen LogP contribution in [-0.4, -0.2) is 63.6 Å². The Bertz CT molecular complexity index is 1080. The summed E-state index contributed by atoms with van der Waals surface area (Å²) in [6.07, 6.45) is 4.47. The van der Waals surface area contributed by atoms with Crippen molar-refractivity contribution in [2.24, 2.45) is 5.92 Å². The van der Waals surface area contributed by atoms with E-state index in [9.17, 15) is 9.59 Å². The van der Waals surface area contributed by atoms with Crippen molar-refractivity contribution >= 4 is 33.7 Å². The number of piperidine rings is 1. The molecule has 36 heavy (non-hydrogen) atoms. The van der Waals surface area contributed by atoms with Crippen molar-refractivity contribution in [1.29, 1.82) is 0 Å². The Morgan fingerprint density at radius 2 is 2.17 bits per heavy atom. The molecular formula is C26H35BrFN5O3. The molecule has 10 heteroatoms. The number of carbonyl (C=O) groups is 2. The van der Waals surface area contributed by atoms with Crippen LogP contribution in [0.2, 0.25) is 0 Å². The third-order valence-corrected chi connectivity index (χ3v) is 7.55. The smallest absolute Gasteiger partial charge is 0.414 e. The fourth-order valence-electron chi connectivity index (χ4n) is 5.29. The van der Waals surface area contributed by atoms with Gasteiger partial charge in [0.25, 0.3) is 0 Å². The minimum atomic E-state index is -0.951. The lowest BCUT2D eigenvalue weighted by molar-refractivity contribution is -0.131. The van der Waals surface area contributed by atoms with Gasteiger partial charge in [-0.15, -0.1) is 0 Å². The average molecular weight is 565 g/mol. The molecule has 0 spiro atoms. The van der Waals surface area contributed by atoms with Crippen LogP contribution >= 0.6 is 15.9 Å². The number of allylic oxidation sites excluding steroid dienone is 2. The zero-order valence-electron chi connectivity index (χ0n) is 21.5. The summed E-state index contributed by atoms with van der Waals surface area (Å²) >= 11 is 3.40. The van der Waals surface area contributed by atoms with E-state index in [0.29, 0.717) is 17.9 Å². The van der Waals surface area contributed by atoms with Crippen molar-refractivity contribution in [3.63, 3.8) is 0 Å². The van der Waals surface area contributed by atoms with Gasteiger partial charge in [-0.3, -0.25) is 14.6 Å². The number of ether oxygens (including phenoxy) is 1. The molecule has 0 saturated carbocycles. The maximum atomic E-state index is 15.1. The molecule has 8 nitrogen and oxygen atoms in total. The number of aromatic nitrogens is 1. The second-order valence-corrected chi connectivity index (χ2v) is 11.7. The number of pyridine rings is 1. The van der Waals surface area contributed by atoms with Gasteiger partial charge in [0.05, 0.1) is 5.70 Å². The number of likely N-dealkylation sites (tertiary alicyclic amines) is 1. The minimum Gasteiger partial charge on any atom is -0.443 e. The fraction of sp³-hybridized carbons (Fsp3) is 0.577. The van der Waals surface area contributed by atoms with Gasteiger partial charge in [0, 0.05) is 47.8 Å². The van der Waals surface area contributed by atoms with E-state index < -0.39 is 23.2 Å². The van der Waals surface area contributed by atoms with Gasteiger partial charge in [-0.05, 0) is 88.1 Å². The molecule has 0 aromatic carbocycles. The predicted octanol–water partition coefficient (Wildman–Crippen LogP) is 4.95. The summed E-state index contributed by atoms with van der Waals surface area (Å²) in [6, 6.07) is 3.95. The van der Waals surface area contributed by atoms with Gasteiger partial charge in [-0.1, -0.05) is 0 Å². The molecule has 2 N–H and O–H groups in total. The summed E-state index contributed by atoms with van der Waals surface area (Å²) in [7, 11) is 0. The highest BCUT2D eigenvalue weighted by atomic mass is 79.9. The average Bonchev–Trinajstić information content (AvgIpc) is 3.06. The molecule has 196 valence electrons. The number of likely N-dealkylation sites (N-methyl/N-ethyl adjacent to an activating group) is 1. The van der Waals surface area contributed by atoms with Gasteiger partial charge in [0.15, 0.2) is 0 Å². The van der Waals surface area contributed by atoms with Crippen LogP contribution in [0.25, 0.3) is 0 Å². The van der Waals surface area contributed by atoms with Crippen molar-refractivity contribution in [3.05, 3.63) is 46.1 Å². The number of amides is 2. The van der Waals surface area contributed by atoms with Crippen molar-refractivity contribution in [2.45, 2.75) is 71.1 Å². The lowest BCUT2D eigenvalue weighted by Crippen LogP contribution is -2.60. The third-order valence-electron chi connectivity index (χ3n) is 7.08. The normalized spacial score (nSPS) is 26.8. The van der Waals surface area contributed by atoms with Crippen molar-refractivity contribution in [2.75, 3.05) is 25.0 Å². The lowest BCUT2D eigenvalue weighted by atomic mass is 9.78. The number of rotatable bonds is 5. The lowest BCUT2D eigenvalue weighted by Gasteiger charge is -2.45. The number of hydrogen-bond acceptors (Lipinski definition) is 6. The topological polar surface area (TPSA) is 86.8 Å². The van der Waals surface area contributed by atoms with E-state index in [1.54, 1.807) is 33.9 Å². The van der Waals surface area contributed by atoms with E-state index in [-0.39, 0.29) is 30.7 Å². The van der Waals surface area contributed by atoms with E-state index in [4.69, 9.17) is 4.74 Å². The van der Waals surface area contributed by atoms with Crippen LogP contribution in [0.3, 0.4) is 0 Å². The number of nitrogens with one attached hydrogen (secondary N) is 2. The minimum absolute atomic E-state index is 0.0995. The van der Waals surface area contributed by atoms with Crippen LogP contribution in [0.15, 0.2) is 46.1 Å². The first-order valence-corrected chi connectivity index (χ1v) is 13.3. The third kappa shape index (κ3) is 5.29. The van der Waals surface area contributed by atoms with E-state index in [1.165, 1.54) is 11.0 Å². The van der Waals surface area contributed by atoms with Crippen LogP contribution in [0.4, 0.5) is 15.0 Å². The molecular weight excluding hydrogens is 529 g/mol. The summed E-state index contributed by atoms with van der Waals surface area (Å²) < 4.78 is 21.5. The molecule has 1 aromatic rings. The summed E-state index contributed by atoms with van der Waals surface area (Å²) in [5.74, 6) is -0.192. The number of fused-ring (bicyclic) bond motifs is 1. The number of halogens is 2. The van der Waals surface area contributed by atoms with Gasteiger partial charge >= 0.3 is 6.09 Å². The van der Waals surface area contributed by atoms with Crippen molar-refractivity contribution in [3.8, 4) is 0 Å². The SMILES string of the molecule is CCN(C(=O)OC(C)(C)C)C1=C2NC(=O)C(C)(N3CCC[C@@H](Nc4ccc(Br)cn4)C3)C2CC(F)=C1.